The lowest BCUT2D eigenvalue weighted by Gasteiger charge is -2.25. The Bertz CT molecular complexity index is 1490. The van der Waals surface area contributed by atoms with Gasteiger partial charge in [0.2, 0.25) is 5.91 Å². The number of alkyl halides is 3. The van der Waals surface area contributed by atoms with E-state index in [1.54, 1.807) is 6.07 Å². The van der Waals surface area contributed by atoms with Crippen molar-refractivity contribution < 1.29 is 32.7 Å². The van der Waals surface area contributed by atoms with Crippen LogP contribution in [0.15, 0.2) is 59.7 Å². The Morgan fingerprint density at radius 1 is 1.03 bits per heavy atom. The molecule has 0 aliphatic heterocycles. The summed E-state index contributed by atoms with van der Waals surface area (Å²) in [5, 5.41) is 12.6. The third kappa shape index (κ3) is 6.31. The minimum Gasteiger partial charge on any atom is -0.457 e. The maximum Gasteiger partial charge on any atom is 0.416 e. The van der Waals surface area contributed by atoms with Crippen LogP contribution in [0.25, 0.3) is 0 Å². The predicted octanol–water partition coefficient (Wildman–Crippen LogP) is 4.58. The highest BCUT2D eigenvalue weighted by atomic mass is 19.4. The standard InChI is InChI=1S/C28H27F3N4O4/c29-28(30,31)21-9-16(15-32)10-22(13-21)33-27(37)19-4-1-17-5-6-23(12-20(17)11-19)39-24-7-8-35(38)25(14-24)34-26(36)18-2-3-18/h5-10,12-14,18-19,38H,1-4,11,15,32H2,(H,33,37). The molecule has 1 aromatic heterocycles. The first kappa shape index (κ1) is 26.5. The van der Waals surface area contributed by atoms with Crippen molar-refractivity contribution in [3.8, 4) is 11.5 Å². The number of aryl methyl sites for hydroxylation is 1. The topological polar surface area (TPSA) is 119 Å². The molecule has 3 aromatic rings. The van der Waals surface area contributed by atoms with Gasteiger partial charge >= 0.3 is 6.18 Å². The zero-order valence-corrected chi connectivity index (χ0v) is 20.9. The third-order valence-corrected chi connectivity index (χ3v) is 6.87. The Morgan fingerprint density at radius 3 is 2.51 bits per heavy atom. The number of ether oxygens (including phenoxy) is 1. The molecule has 39 heavy (non-hydrogen) atoms. The molecule has 0 bridgehead atoms. The number of aromatic nitrogens is 1. The molecule has 8 nitrogen and oxygen atoms in total. The fourth-order valence-corrected chi connectivity index (χ4v) is 4.59. The molecule has 1 fully saturated rings. The second-order valence-electron chi connectivity index (χ2n) is 9.87. The number of carbonyl (C=O) groups is 2. The van der Waals surface area contributed by atoms with Gasteiger partial charge in [-0.3, -0.25) is 9.59 Å². The second kappa shape index (κ2) is 10.6. The summed E-state index contributed by atoms with van der Waals surface area (Å²) >= 11 is 0. The highest BCUT2D eigenvalue weighted by Gasteiger charge is 2.32. The zero-order chi connectivity index (χ0) is 27.7. The average Bonchev–Trinajstić information content (AvgIpc) is 3.75. The molecule has 5 rings (SSSR count). The van der Waals surface area contributed by atoms with Crippen LogP contribution in [0, 0.1) is 11.8 Å². The van der Waals surface area contributed by atoms with E-state index < -0.39 is 17.7 Å². The SMILES string of the molecule is NCc1cc(NC(=O)C2CCc3ccc(Oc4ccn(O)c(=NC(=O)C5CC5)c4)cc3C2)cc(C(F)(F)F)c1. The molecule has 204 valence electrons. The summed E-state index contributed by atoms with van der Waals surface area (Å²) in [5.74, 6) is -0.304. The lowest BCUT2D eigenvalue weighted by atomic mass is 9.83. The van der Waals surface area contributed by atoms with E-state index in [1.807, 2.05) is 12.1 Å². The van der Waals surface area contributed by atoms with Gasteiger partial charge in [-0.1, -0.05) is 6.07 Å². The van der Waals surface area contributed by atoms with Gasteiger partial charge in [0.25, 0.3) is 5.91 Å². The molecule has 0 saturated heterocycles. The number of nitrogens with zero attached hydrogens (tertiary/aromatic N) is 2. The van der Waals surface area contributed by atoms with Gasteiger partial charge in [0.05, 0.1) is 5.56 Å². The van der Waals surface area contributed by atoms with Crippen LogP contribution in [0.5, 0.6) is 11.5 Å². The maximum atomic E-state index is 13.3. The van der Waals surface area contributed by atoms with E-state index in [-0.39, 0.29) is 41.0 Å². The molecule has 2 aliphatic carbocycles. The van der Waals surface area contributed by atoms with E-state index in [9.17, 15) is 28.0 Å². The minimum absolute atomic E-state index is 0.0599. The number of nitrogens with two attached hydrogens (primary N) is 1. The Morgan fingerprint density at radius 2 is 1.79 bits per heavy atom. The van der Waals surface area contributed by atoms with Crippen LogP contribution in [-0.2, 0) is 35.2 Å². The fraction of sp³-hybridized carbons (Fsp3) is 0.321. The van der Waals surface area contributed by atoms with E-state index >= 15 is 0 Å². The lowest BCUT2D eigenvalue weighted by molar-refractivity contribution is -0.137. The van der Waals surface area contributed by atoms with E-state index in [2.05, 4.69) is 10.3 Å². The quantitative estimate of drug-likeness (QED) is 0.396. The first-order valence-electron chi connectivity index (χ1n) is 12.6. The number of pyridine rings is 1. The predicted molar refractivity (Wildman–Crippen MR) is 135 cm³/mol. The number of hydrogen-bond acceptors (Lipinski definition) is 5. The Balaban J connectivity index is 1.30. The van der Waals surface area contributed by atoms with Crippen LogP contribution in [0.4, 0.5) is 18.9 Å². The first-order valence-corrected chi connectivity index (χ1v) is 12.6. The molecular weight excluding hydrogens is 513 g/mol. The summed E-state index contributed by atoms with van der Waals surface area (Å²) in [4.78, 5) is 29.0. The van der Waals surface area contributed by atoms with E-state index in [0.717, 1.165) is 40.8 Å². The van der Waals surface area contributed by atoms with Gasteiger partial charge in [-0.2, -0.15) is 22.9 Å². The number of hydrogen-bond donors (Lipinski definition) is 3. The van der Waals surface area contributed by atoms with Crippen molar-refractivity contribution in [3.63, 3.8) is 0 Å². The van der Waals surface area contributed by atoms with Gasteiger partial charge < -0.3 is 21.0 Å². The molecule has 1 saturated carbocycles. The number of amides is 2. The summed E-state index contributed by atoms with van der Waals surface area (Å²) in [5.41, 5.74) is 7.04. The van der Waals surface area contributed by atoms with Crippen molar-refractivity contribution in [2.75, 3.05) is 5.32 Å². The number of anilines is 1. The Hall–Kier alpha value is -4.12. The van der Waals surface area contributed by atoms with Gasteiger partial charge in [0.15, 0.2) is 5.49 Å². The number of carbonyl (C=O) groups excluding carboxylic acids is 2. The monoisotopic (exact) mass is 540 g/mol. The number of benzene rings is 2. The Kier molecular flexibility index (Phi) is 7.17. The molecule has 2 amide bonds. The summed E-state index contributed by atoms with van der Waals surface area (Å²) in [7, 11) is 0. The van der Waals surface area contributed by atoms with Crippen molar-refractivity contribution in [1.82, 2.24) is 4.73 Å². The van der Waals surface area contributed by atoms with Crippen LogP contribution in [0.3, 0.4) is 0 Å². The molecule has 11 heteroatoms. The van der Waals surface area contributed by atoms with Gasteiger partial charge in [-0.15, -0.1) is 0 Å². The van der Waals surface area contributed by atoms with Gasteiger partial charge in [0, 0.05) is 42.4 Å². The van der Waals surface area contributed by atoms with Crippen LogP contribution in [0.2, 0.25) is 0 Å². The minimum atomic E-state index is -4.55. The maximum absolute atomic E-state index is 13.3. The van der Waals surface area contributed by atoms with Crippen LogP contribution in [0.1, 0.15) is 41.5 Å². The van der Waals surface area contributed by atoms with Crippen molar-refractivity contribution in [3.05, 3.63) is 82.5 Å². The Labute approximate surface area is 221 Å². The average molecular weight is 541 g/mol. The highest BCUT2D eigenvalue weighted by molar-refractivity contribution is 5.93. The molecule has 0 spiro atoms. The lowest BCUT2D eigenvalue weighted by Crippen LogP contribution is -2.28. The molecule has 4 N–H and O–H groups in total. The second-order valence-corrected chi connectivity index (χ2v) is 9.87. The number of nitrogens with one attached hydrogen (secondary N) is 1. The smallest absolute Gasteiger partial charge is 0.416 e. The molecule has 2 aromatic carbocycles. The van der Waals surface area contributed by atoms with Crippen molar-refractivity contribution in [1.29, 1.82) is 0 Å². The van der Waals surface area contributed by atoms with Gasteiger partial charge in [-0.25, -0.2) is 0 Å². The number of halogens is 3. The molecule has 1 atom stereocenters. The van der Waals surface area contributed by atoms with Gasteiger partial charge in [-0.05, 0) is 79.1 Å². The number of fused-ring (bicyclic) bond motifs is 1. The third-order valence-electron chi connectivity index (χ3n) is 6.87. The largest absolute Gasteiger partial charge is 0.457 e. The van der Waals surface area contributed by atoms with Crippen LogP contribution >= 0.6 is 0 Å². The summed E-state index contributed by atoms with van der Waals surface area (Å²) in [6.45, 7) is -0.0848. The van der Waals surface area contributed by atoms with Crippen LogP contribution < -0.4 is 21.3 Å². The molecule has 2 aliphatic rings. The van der Waals surface area contributed by atoms with E-state index in [1.165, 1.54) is 24.4 Å². The van der Waals surface area contributed by atoms with Crippen LogP contribution in [-0.4, -0.2) is 21.8 Å². The van der Waals surface area contributed by atoms with Crippen molar-refractivity contribution >= 4 is 17.5 Å². The number of rotatable bonds is 6. The molecule has 0 radical (unpaired) electrons. The summed E-state index contributed by atoms with van der Waals surface area (Å²) < 4.78 is 46.5. The zero-order valence-electron chi connectivity index (χ0n) is 20.9. The van der Waals surface area contributed by atoms with Gasteiger partial charge in [0.1, 0.15) is 11.5 Å². The van der Waals surface area contributed by atoms with E-state index in [0.29, 0.717) is 30.8 Å². The van der Waals surface area contributed by atoms with Crippen molar-refractivity contribution in [2.24, 2.45) is 22.6 Å². The van der Waals surface area contributed by atoms with E-state index in [4.69, 9.17) is 10.5 Å². The normalized spacial score (nSPS) is 17.4. The van der Waals surface area contributed by atoms with Crippen molar-refractivity contribution in [2.45, 2.75) is 44.8 Å². The fourth-order valence-electron chi connectivity index (χ4n) is 4.59. The molecular formula is C28H27F3N4O4. The summed E-state index contributed by atoms with van der Waals surface area (Å²) in [6.07, 6.45) is -0.0501. The highest BCUT2D eigenvalue weighted by Crippen LogP contribution is 2.34. The molecule has 1 unspecified atom stereocenters. The first-order chi connectivity index (χ1) is 18.6. The molecule has 1 heterocycles. The summed E-state index contributed by atoms with van der Waals surface area (Å²) in [6, 6.07) is 11.8.